The molecule has 0 saturated heterocycles. The molecule has 2 aromatic carbocycles. The van der Waals surface area contributed by atoms with Crippen LogP contribution in [0.15, 0.2) is 55.1 Å². The number of ether oxygens (including phenoxy) is 1. The minimum absolute atomic E-state index is 0.0384. The van der Waals surface area contributed by atoms with Gasteiger partial charge in [0.1, 0.15) is 6.61 Å². The second kappa shape index (κ2) is 6.96. The molecule has 0 spiro atoms. The summed E-state index contributed by atoms with van der Waals surface area (Å²) in [5.74, 6) is -0.682. The summed E-state index contributed by atoms with van der Waals surface area (Å²) in [4.78, 5) is 0. The van der Waals surface area contributed by atoms with Crippen LogP contribution in [0.25, 0.3) is 6.08 Å². The van der Waals surface area contributed by atoms with E-state index in [1.807, 2.05) is 0 Å². The Labute approximate surface area is 137 Å². The summed E-state index contributed by atoms with van der Waals surface area (Å²) in [6.07, 6.45) is 1.34. The number of hydrogen-bond donors (Lipinski definition) is 0. The third kappa shape index (κ3) is 4.29. The van der Waals surface area contributed by atoms with Gasteiger partial charge in [0, 0.05) is 0 Å². The molecular weight excluding hydrogens is 345 g/mol. The SMILES string of the molecule is C=Cc1ccc(OCc2ccccc2)c(OS(=O)(=O)C(F)(F)F)c1. The molecular formula is C16H13F3O4S. The molecule has 0 heterocycles. The smallest absolute Gasteiger partial charge is 0.485 e. The van der Waals surface area contributed by atoms with E-state index in [0.29, 0.717) is 5.56 Å². The topological polar surface area (TPSA) is 52.6 Å². The molecule has 0 atom stereocenters. The number of rotatable bonds is 6. The van der Waals surface area contributed by atoms with E-state index in [1.54, 1.807) is 30.3 Å². The fraction of sp³-hybridized carbons (Fsp3) is 0.125. The van der Waals surface area contributed by atoms with Crippen LogP contribution in [0.3, 0.4) is 0 Å². The van der Waals surface area contributed by atoms with E-state index < -0.39 is 21.4 Å². The van der Waals surface area contributed by atoms with E-state index in [9.17, 15) is 21.6 Å². The van der Waals surface area contributed by atoms with Crippen LogP contribution in [0.1, 0.15) is 11.1 Å². The van der Waals surface area contributed by atoms with Crippen molar-refractivity contribution in [3.8, 4) is 11.5 Å². The van der Waals surface area contributed by atoms with Crippen molar-refractivity contribution in [1.82, 2.24) is 0 Å². The first kappa shape index (κ1) is 17.9. The van der Waals surface area contributed by atoms with E-state index in [1.165, 1.54) is 18.2 Å². The molecule has 8 heteroatoms. The van der Waals surface area contributed by atoms with Gasteiger partial charge in [0.2, 0.25) is 0 Å². The molecule has 0 aliphatic carbocycles. The molecule has 2 rings (SSSR count). The lowest BCUT2D eigenvalue weighted by Crippen LogP contribution is -2.28. The van der Waals surface area contributed by atoms with E-state index in [4.69, 9.17) is 4.74 Å². The summed E-state index contributed by atoms with van der Waals surface area (Å²) in [5, 5.41) is 0. The van der Waals surface area contributed by atoms with Crippen molar-refractivity contribution < 1.29 is 30.5 Å². The molecule has 2 aromatic rings. The Morgan fingerprint density at radius 2 is 1.71 bits per heavy atom. The van der Waals surface area contributed by atoms with Crippen molar-refractivity contribution in [2.24, 2.45) is 0 Å². The highest BCUT2D eigenvalue weighted by Gasteiger charge is 2.49. The Bertz CT molecular complexity index is 815. The maximum Gasteiger partial charge on any atom is 0.534 e. The molecule has 0 radical (unpaired) electrons. The van der Waals surface area contributed by atoms with Crippen LogP contribution in [0.4, 0.5) is 13.2 Å². The molecule has 0 unspecified atom stereocenters. The number of hydrogen-bond acceptors (Lipinski definition) is 4. The van der Waals surface area contributed by atoms with Gasteiger partial charge >= 0.3 is 15.6 Å². The molecule has 128 valence electrons. The number of alkyl halides is 3. The lowest BCUT2D eigenvalue weighted by molar-refractivity contribution is -0.0500. The van der Waals surface area contributed by atoms with Crippen molar-refractivity contribution >= 4 is 16.2 Å². The van der Waals surface area contributed by atoms with E-state index in [-0.39, 0.29) is 12.4 Å². The van der Waals surface area contributed by atoms with Gasteiger partial charge in [-0.25, -0.2) is 0 Å². The Morgan fingerprint density at radius 1 is 1.04 bits per heavy atom. The zero-order chi connectivity index (χ0) is 17.8. The van der Waals surface area contributed by atoms with Crippen molar-refractivity contribution in [2.45, 2.75) is 12.1 Å². The highest BCUT2D eigenvalue weighted by atomic mass is 32.2. The average molecular weight is 358 g/mol. The summed E-state index contributed by atoms with van der Waals surface area (Å²) in [7, 11) is -5.80. The first-order chi connectivity index (χ1) is 11.2. The van der Waals surface area contributed by atoms with Crippen LogP contribution in [0.5, 0.6) is 11.5 Å². The van der Waals surface area contributed by atoms with Crippen LogP contribution < -0.4 is 8.92 Å². The predicted molar refractivity (Wildman–Crippen MR) is 82.9 cm³/mol. The van der Waals surface area contributed by atoms with E-state index in [2.05, 4.69) is 10.8 Å². The molecule has 0 fully saturated rings. The Morgan fingerprint density at radius 3 is 2.29 bits per heavy atom. The molecule has 0 N–H and O–H groups in total. The third-order valence-electron chi connectivity index (χ3n) is 2.92. The lowest BCUT2D eigenvalue weighted by Gasteiger charge is -2.14. The zero-order valence-electron chi connectivity index (χ0n) is 12.3. The monoisotopic (exact) mass is 358 g/mol. The minimum atomic E-state index is -5.80. The second-order valence-corrected chi connectivity index (χ2v) is 6.21. The maximum atomic E-state index is 12.5. The molecule has 24 heavy (non-hydrogen) atoms. The van der Waals surface area contributed by atoms with Gasteiger partial charge in [0.15, 0.2) is 11.5 Å². The van der Waals surface area contributed by atoms with Gasteiger partial charge in [-0.05, 0) is 23.3 Å². The summed E-state index contributed by atoms with van der Waals surface area (Å²) >= 11 is 0. The predicted octanol–water partition coefficient (Wildman–Crippen LogP) is 4.14. The Hall–Kier alpha value is -2.48. The molecule has 0 bridgehead atoms. The molecule has 0 amide bonds. The molecule has 0 aliphatic rings. The van der Waals surface area contributed by atoms with E-state index >= 15 is 0 Å². The molecule has 4 nitrogen and oxygen atoms in total. The van der Waals surface area contributed by atoms with Gasteiger partial charge in [-0.3, -0.25) is 0 Å². The van der Waals surface area contributed by atoms with Crippen LogP contribution in [0.2, 0.25) is 0 Å². The highest BCUT2D eigenvalue weighted by molar-refractivity contribution is 7.88. The fourth-order valence-electron chi connectivity index (χ4n) is 1.74. The van der Waals surface area contributed by atoms with Gasteiger partial charge in [-0.15, -0.1) is 0 Å². The van der Waals surface area contributed by atoms with Crippen LogP contribution in [-0.2, 0) is 16.7 Å². The van der Waals surface area contributed by atoms with Crippen LogP contribution in [-0.4, -0.2) is 13.9 Å². The van der Waals surface area contributed by atoms with Crippen LogP contribution in [0, 0.1) is 0 Å². The van der Waals surface area contributed by atoms with Crippen molar-refractivity contribution in [3.63, 3.8) is 0 Å². The zero-order valence-corrected chi connectivity index (χ0v) is 13.1. The standard InChI is InChI=1S/C16H13F3O4S/c1-2-12-8-9-14(22-11-13-6-4-3-5-7-13)15(10-12)23-24(20,21)16(17,18)19/h2-10H,1,11H2. The summed E-state index contributed by atoms with van der Waals surface area (Å²) < 4.78 is 69.6. The molecule has 0 saturated carbocycles. The Balaban J connectivity index is 2.29. The third-order valence-corrected chi connectivity index (χ3v) is 3.89. The van der Waals surface area contributed by atoms with Gasteiger partial charge in [-0.1, -0.05) is 49.1 Å². The first-order valence-corrected chi connectivity index (χ1v) is 8.08. The number of benzene rings is 2. The van der Waals surface area contributed by atoms with Crippen molar-refractivity contribution in [3.05, 3.63) is 66.2 Å². The lowest BCUT2D eigenvalue weighted by atomic mass is 10.2. The fourth-order valence-corrected chi connectivity index (χ4v) is 2.20. The van der Waals surface area contributed by atoms with Gasteiger partial charge in [-0.2, -0.15) is 21.6 Å². The first-order valence-electron chi connectivity index (χ1n) is 6.67. The van der Waals surface area contributed by atoms with E-state index in [0.717, 1.165) is 11.6 Å². The second-order valence-electron chi connectivity index (χ2n) is 4.67. The molecule has 0 aliphatic heterocycles. The summed E-state index contributed by atoms with van der Waals surface area (Å²) in [6, 6.07) is 12.8. The van der Waals surface area contributed by atoms with Gasteiger partial charge in [0.05, 0.1) is 0 Å². The summed E-state index contributed by atoms with van der Waals surface area (Å²) in [5.41, 5.74) is -4.39. The van der Waals surface area contributed by atoms with Crippen molar-refractivity contribution in [2.75, 3.05) is 0 Å². The van der Waals surface area contributed by atoms with Gasteiger partial charge in [0.25, 0.3) is 0 Å². The quantitative estimate of drug-likeness (QED) is 0.575. The van der Waals surface area contributed by atoms with Gasteiger partial charge < -0.3 is 8.92 Å². The van der Waals surface area contributed by atoms with Crippen LogP contribution >= 0.6 is 0 Å². The molecule has 0 aromatic heterocycles. The number of halogens is 3. The summed E-state index contributed by atoms with van der Waals surface area (Å²) in [6.45, 7) is 3.51. The van der Waals surface area contributed by atoms with Crippen molar-refractivity contribution in [1.29, 1.82) is 0 Å². The normalized spacial score (nSPS) is 11.8. The average Bonchev–Trinajstić information content (AvgIpc) is 2.53. The maximum absolute atomic E-state index is 12.5. The highest BCUT2D eigenvalue weighted by Crippen LogP contribution is 2.34. The largest absolute Gasteiger partial charge is 0.534 e. The minimum Gasteiger partial charge on any atom is -0.485 e. The Kier molecular flexibility index (Phi) is 5.18.